The van der Waals surface area contributed by atoms with Crippen LogP contribution < -0.4 is 29.2 Å². The zero-order valence-corrected chi connectivity index (χ0v) is 23.7. The van der Waals surface area contributed by atoms with Crippen LogP contribution in [-0.2, 0) is 6.54 Å². The molecule has 2 saturated heterocycles. The average Bonchev–Trinajstić information content (AvgIpc) is 3.00. The largest absolute Gasteiger partial charge is 0.493 e. The predicted octanol–water partition coefficient (Wildman–Crippen LogP) is 5.07. The predicted molar refractivity (Wildman–Crippen MR) is 155 cm³/mol. The molecule has 0 amide bonds. The summed E-state index contributed by atoms with van der Waals surface area (Å²) in [5.74, 6) is 4.16. The van der Waals surface area contributed by atoms with E-state index in [9.17, 15) is 4.39 Å². The van der Waals surface area contributed by atoms with Crippen molar-refractivity contribution >= 4 is 22.7 Å². The smallest absolute Gasteiger partial charge is 0.225 e. The summed E-state index contributed by atoms with van der Waals surface area (Å²) in [5, 5.41) is 4.61. The van der Waals surface area contributed by atoms with E-state index in [0.29, 0.717) is 28.9 Å². The van der Waals surface area contributed by atoms with Gasteiger partial charge in [-0.2, -0.15) is 4.98 Å². The van der Waals surface area contributed by atoms with Gasteiger partial charge in [0.25, 0.3) is 0 Å². The number of aromatic nitrogens is 2. The Hall–Kier alpha value is -3.53. The van der Waals surface area contributed by atoms with Gasteiger partial charge in [0.1, 0.15) is 19.1 Å². The average molecular weight is 554 g/mol. The number of ether oxygens (including phenoxy) is 4. The van der Waals surface area contributed by atoms with Gasteiger partial charge in [-0.15, -0.1) is 0 Å². The summed E-state index contributed by atoms with van der Waals surface area (Å²) >= 11 is 0. The molecular formula is C30H40FN5O4. The minimum Gasteiger partial charge on any atom is -0.493 e. The number of methoxy groups -OCH3 is 3. The highest BCUT2D eigenvalue weighted by Gasteiger charge is 2.23. The van der Waals surface area contributed by atoms with Crippen LogP contribution >= 0.6 is 0 Å². The molecule has 0 spiro atoms. The van der Waals surface area contributed by atoms with Crippen LogP contribution in [0, 0.1) is 0 Å². The molecule has 5 rings (SSSR count). The second-order valence-electron chi connectivity index (χ2n) is 10.4. The fraction of sp³-hybridized carbons (Fsp3) is 0.533. The van der Waals surface area contributed by atoms with Gasteiger partial charge in [-0.3, -0.25) is 4.90 Å². The summed E-state index contributed by atoms with van der Waals surface area (Å²) < 4.78 is 34.7. The molecule has 1 N–H and O–H groups in total. The highest BCUT2D eigenvalue weighted by atomic mass is 19.1. The third-order valence-corrected chi connectivity index (χ3v) is 7.73. The lowest BCUT2D eigenvalue weighted by Crippen LogP contribution is -2.39. The lowest BCUT2D eigenvalue weighted by Gasteiger charge is -2.33. The Balaban J connectivity index is 1.28. The maximum Gasteiger partial charge on any atom is 0.225 e. The van der Waals surface area contributed by atoms with E-state index in [0.717, 1.165) is 80.7 Å². The van der Waals surface area contributed by atoms with Gasteiger partial charge in [-0.05, 0) is 55.9 Å². The molecule has 0 saturated carbocycles. The summed E-state index contributed by atoms with van der Waals surface area (Å²) in [6.07, 6.45) is 5.54. The molecule has 3 aromatic rings. The molecule has 2 fully saturated rings. The van der Waals surface area contributed by atoms with Crippen molar-refractivity contribution in [3.63, 3.8) is 0 Å². The zero-order valence-electron chi connectivity index (χ0n) is 23.7. The van der Waals surface area contributed by atoms with Gasteiger partial charge >= 0.3 is 0 Å². The maximum atomic E-state index is 12.6. The summed E-state index contributed by atoms with van der Waals surface area (Å²) in [4.78, 5) is 14.7. The van der Waals surface area contributed by atoms with E-state index in [2.05, 4.69) is 15.1 Å². The monoisotopic (exact) mass is 553 g/mol. The van der Waals surface area contributed by atoms with Crippen LogP contribution in [-0.4, -0.2) is 81.7 Å². The molecular weight excluding hydrogens is 513 g/mol. The van der Waals surface area contributed by atoms with Gasteiger partial charge in [-0.1, -0.05) is 6.07 Å². The standard InChI is InChI=1S/C30H40FN5O4/c1-37-25-8-7-21(17-28(25)40-16-11-31)20-35-14-9-22(10-15-35)32-30-33-24-19-27(39-3)26(38-2)18-23(24)29(34-30)36-12-5-4-6-13-36/h7-8,17-19,22H,4-6,9-16,20H2,1-3H3,(H,32,33,34). The van der Waals surface area contributed by atoms with Crippen LogP contribution in [0.1, 0.15) is 37.7 Å². The van der Waals surface area contributed by atoms with Crippen LogP contribution in [0.15, 0.2) is 30.3 Å². The minimum absolute atomic E-state index is 0.0213. The topological polar surface area (TPSA) is 81.2 Å². The lowest BCUT2D eigenvalue weighted by atomic mass is 10.0. The maximum absolute atomic E-state index is 12.6. The summed E-state index contributed by atoms with van der Waals surface area (Å²) in [7, 11) is 4.89. The Morgan fingerprint density at radius 1 is 0.850 bits per heavy atom. The Labute approximate surface area is 235 Å². The molecule has 2 aromatic carbocycles. The Morgan fingerprint density at radius 2 is 1.57 bits per heavy atom. The molecule has 0 unspecified atom stereocenters. The normalized spacial score (nSPS) is 16.6. The SMILES string of the molecule is COc1cc2nc(NC3CCN(Cc4ccc(OC)c(OCCF)c4)CC3)nc(N3CCCCC3)c2cc1OC. The van der Waals surface area contributed by atoms with E-state index in [-0.39, 0.29) is 12.6 Å². The molecule has 2 aliphatic heterocycles. The first-order valence-electron chi connectivity index (χ1n) is 14.1. The number of alkyl halides is 1. The number of benzene rings is 2. The molecule has 3 heterocycles. The molecule has 2 aliphatic rings. The number of rotatable bonds is 11. The first kappa shape index (κ1) is 28.0. The molecule has 9 nitrogen and oxygen atoms in total. The van der Waals surface area contributed by atoms with Crippen LogP contribution in [0.5, 0.6) is 23.0 Å². The number of hydrogen-bond donors (Lipinski definition) is 1. The van der Waals surface area contributed by atoms with E-state index in [1.165, 1.54) is 6.42 Å². The highest BCUT2D eigenvalue weighted by molar-refractivity contribution is 5.93. The number of halogens is 1. The number of nitrogens with zero attached hydrogens (tertiary/aromatic N) is 4. The molecule has 10 heteroatoms. The van der Waals surface area contributed by atoms with E-state index >= 15 is 0 Å². The lowest BCUT2D eigenvalue weighted by molar-refractivity contribution is 0.210. The first-order valence-corrected chi connectivity index (χ1v) is 14.1. The van der Waals surface area contributed by atoms with Crippen molar-refractivity contribution in [3.05, 3.63) is 35.9 Å². The number of hydrogen-bond acceptors (Lipinski definition) is 9. The van der Waals surface area contributed by atoms with Crippen molar-refractivity contribution in [3.8, 4) is 23.0 Å². The van der Waals surface area contributed by atoms with Gasteiger partial charge in [-0.25, -0.2) is 9.37 Å². The quantitative estimate of drug-likeness (QED) is 0.350. The summed E-state index contributed by atoms with van der Waals surface area (Å²) in [6.45, 7) is 4.16. The fourth-order valence-electron chi connectivity index (χ4n) is 5.61. The zero-order chi connectivity index (χ0) is 27.9. The van der Waals surface area contributed by atoms with E-state index < -0.39 is 6.67 Å². The number of likely N-dealkylation sites (tertiary alicyclic amines) is 1. The highest BCUT2D eigenvalue weighted by Crippen LogP contribution is 2.37. The van der Waals surface area contributed by atoms with E-state index in [1.807, 2.05) is 30.3 Å². The third-order valence-electron chi connectivity index (χ3n) is 7.73. The molecule has 0 atom stereocenters. The van der Waals surface area contributed by atoms with Crippen LogP contribution in [0.4, 0.5) is 16.2 Å². The second-order valence-corrected chi connectivity index (χ2v) is 10.4. The molecule has 0 bridgehead atoms. The van der Waals surface area contributed by atoms with Crippen molar-refractivity contribution in [2.45, 2.75) is 44.7 Å². The molecule has 0 radical (unpaired) electrons. The van der Waals surface area contributed by atoms with Gasteiger partial charge in [0, 0.05) is 50.2 Å². The van der Waals surface area contributed by atoms with E-state index in [1.54, 1.807) is 21.3 Å². The Morgan fingerprint density at radius 3 is 2.27 bits per heavy atom. The molecule has 40 heavy (non-hydrogen) atoms. The van der Waals surface area contributed by atoms with Crippen LogP contribution in [0.25, 0.3) is 10.9 Å². The van der Waals surface area contributed by atoms with E-state index in [4.69, 9.17) is 28.9 Å². The third kappa shape index (κ3) is 6.43. The van der Waals surface area contributed by atoms with Gasteiger partial charge < -0.3 is 29.2 Å². The van der Waals surface area contributed by atoms with Crippen molar-refractivity contribution in [2.24, 2.45) is 0 Å². The van der Waals surface area contributed by atoms with Gasteiger partial charge in [0.2, 0.25) is 5.95 Å². The summed E-state index contributed by atoms with van der Waals surface area (Å²) in [5.41, 5.74) is 1.97. The molecule has 1 aromatic heterocycles. The minimum atomic E-state index is -0.532. The second kappa shape index (κ2) is 13.2. The van der Waals surface area contributed by atoms with Crippen molar-refractivity contribution in [2.75, 3.05) is 71.0 Å². The number of anilines is 2. The van der Waals surface area contributed by atoms with Crippen molar-refractivity contribution in [1.29, 1.82) is 0 Å². The number of nitrogens with one attached hydrogen (secondary N) is 1. The van der Waals surface area contributed by atoms with Gasteiger partial charge in [0.05, 0.1) is 26.8 Å². The van der Waals surface area contributed by atoms with Crippen molar-refractivity contribution in [1.82, 2.24) is 14.9 Å². The van der Waals surface area contributed by atoms with Crippen molar-refractivity contribution < 1.29 is 23.3 Å². The molecule has 0 aliphatic carbocycles. The Kier molecular flexibility index (Phi) is 9.26. The van der Waals surface area contributed by atoms with Crippen LogP contribution in [0.2, 0.25) is 0 Å². The van der Waals surface area contributed by atoms with Crippen LogP contribution in [0.3, 0.4) is 0 Å². The number of piperidine rings is 2. The molecule has 216 valence electrons. The fourth-order valence-corrected chi connectivity index (χ4v) is 5.61. The summed E-state index contributed by atoms with van der Waals surface area (Å²) in [6, 6.07) is 10.1. The van der Waals surface area contributed by atoms with Gasteiger partial charge in [0.15, 0.2) is 23.0 Å². The Bertz CT molecular complexity index is 1280. The first-order chi connectivity index (χ1) is 19.6. The number of fused-ring (bicyclic) bond motifs is 1.